The van der Waals surface area contributed by atoms with Gasteiger partial charge in [0.15, 0.2) is 11.5 Å². The average Bonchev–Trinajstić information content (AvgIpc) is 3.62. The van der Waals surface area contributed by atoms with Gasteiger partial charge >= 0.3 is 0 Å². The number of fused-ring (bicyclic) bond motifs is 2. The first-order valence-corrected chi connectivity index (χ1v) is 15.5. The summed E-state index contributed by atoms with van der Waals surface area (Å²) in [4.78, 5) is 39.9. The number of pyridine rings is 1. The molecule has 1 atom stereocenters. The Bertz CT molecular complexity index is 1940. The molecular weight excluding hydrogens is 575 g/mol. The molecule has 0 radical (unpaired) electrons. The molecule has 5 aromatic rings. The molecule has 11 nitrogen and oxygen atoms in total. The molecule has 1 aliphatic heterocycles. The third-order valence-corrected chi connectivity index (χ3v) is 8.97. The summed E-state index contributed by atoms with van der Waals surface area (Å²) in [6, 6.07) is 12.4. The molecular formula is C30H29FN6O5S. The summed E-state index contributed by atoms with van der Waals surface area (Å²) >= 11 is 0. The Balaban J connectivity index is 1.44. The molecule has 0 spiro atoms. The van der Waals surface area contributed by atoms with E-state index in [0.717, 1.165) is 0 Å². The highest BCUT2D eigenvalue weighted by Crippen LogP contribution is 2.41. The molecule has 3 N–H and O–H groups in total. The second kappa shape index (κ2) is 11.1. The molecule has 3 aromatic heterocycles. The van der Waals surface area contributed by atoms with Crippen LogP contribution in [0.25, 0.3) is 33.5 Å². The monoisotopic (exact) mass is 604 g/mol. The van der Waals surface area contributed by atoms with Crippen LogP contribution in [0.15, 0.2) is 59.1 Å². The lowest BCUT2D eigenvalue weighted by atomic mass is 9.88. The summed E-state index contributed by atoms with van der Waals surface area (Å²) in [7, 11) is -2.19. The van der Waals surface area contributed by atoms with Gasteiger partial charge in [-0.15, -0.1) is 0 Å². The number of hydrogen-bond acceptors (Lipinski definition) is 7. The Morgan fingerprint density at radius 2 is 1.98 bits per heavy atom. The number of aromatic amines is 1. The molecule has 0 aliphatic carbocycles. The van der Waals surface area contributed by atoms with E-state index < -0.39 is 21.7 Å². The highest BCUT2D eigenvalue weighted by Gasteiger charge is 2.31. The number of hydrogen-bond donors (Lipinski definition) is 3. The number of nitrogens with zero attached hydrogens (tertiary/aromatic N) is 3. The number of sulfonamides is 1. The average molecular weight is 605 g/mol. The van der Waals surface area contributed by atoms with Crippen LogP contribution in [0.3, 0.4) is 0 Å². The van der Waals surface area contributed by atoms with Crippen LogP contribution < -0.4 is 10.0 Å². The first-order valence-electron chi connectivity index (χ1n) is 13.9. The first-order chi connectivity index (χ1) is 20.7. The maximum atomic E-state index is 13.7. The van der Waals surface area contributed by atoms with Gasteiger partial charge < -0.3 is 19.6 Å². The molecule has 2 amide bonds. The van der Waals surface area contributed by atoms with Gasteiger partial charge in [0.25, 0.3) is 11.8 Å². The summed E-state index contributed by atoms with van der Waals surface area (Å²) < 4.78 is 47.9. The summed E-state index contributed by atoms with van der Waals surface area (Å²) in [5.41, 5.74) is 3.06. The number of likely N-dealkylation sites (tertiary alicyclic amines) is 1. The van der Waals surface area contributed by atoms with Crippen molar-refractivity contribution in [3.63, 3.8) is 0 Å². The van der Waals surface area contributed by atoms with Crippen LogP contribution in [0, 0.1) is 5.82 Å². The molecule has 4 heterocycles. The van der Waals surface area contributed by atoms with Crippen molar-refractivity contribution < 1.29 is 26.8 Å². The standard InChI is InChI=1S/C30H29FN6O5S/c1-3-43(40,41)36-23-15-24-21(25(29(38)32-2)26(42-24)17-8-10-19(31)11-9-17)14-20(23)18-6-5-13-37(16-18)30(39)28-34-22-7-4-12-33-27(22)35-28/h4,7-12,14-15,18,36H,3,5-6,13,16H2,1-2H3,(H,32,38)(H,33,34,35)/t18-/m0/s1. The van der Waals surface area contributed by atoms with E-state index in [9.17, 15) is 22.4 Å². The zero-order valence-electron chi connectivity index (χ0n) is 23.5. The van der Waals surface area contributed by atoms with Crippen LogP contribution in [0.4, 0.5) is 10.1 Å². The van der Waals surface area contributed by atoms with Crippen molar-refractivity contribution in [2.24, 2.45) is 0 Å². The van der Waals surface area contributed by atoms with Crippen molar-refractivity contribution in [2.45, 2.75) is 25.7 Å². The van der Waals surface area contributed by atoms with Crippen LogP contribution >= 0.6 is 0 Å². The quantitative estimate of drug-likeness (QED) is 0.245. The molecule has 1 aliphatic rings. The highest BCUT2D eigenvalue weighted by atomic mass is 32.2. The van der Waals surface area contributed by atoms with Crippen LogP contribution in [0.5, 0.6) is 0 Å². The van der Waals surface area contributed by atoms with Gasteiger partial charge in [0, 0.05) is 49.3 Å². The van der Waals surface area contributed by atoms with E-state index in [2.05, 4.69) is 25.0 Å². The summed E-state index contributed by atoms with van der Waals surface area (Å²) in [5.74, 6) is -1.14. The summed E-state index contributed by atoms with van der Waals surface area (Å²) in [6.45, 7) is 2.34. The van der Waals surface area contributed by atoms with E-state index in [0.29, 0.717) is 59.3 Å². The van der Waals surface area contributed by atoms with Gasteiger partial charge in [-0.05, 0) is 67.8 Å². The Morgan fingerprint density at radius 1 is 1.19 bits per heavy atom. The van der Waals surface area contributed by atoms with Crippen molar-refractivity contribution in [3.05, 3.63) is 77.5 Å². The van der Waals surface area contributed by atoms with E-state index >= 15 is 0 Å². The number of halogens is 1. The number of rotatable bonds is 7. The van der Waals surface area contributed by atoms with E-state index in [-0.39, 0.29) is 40.3 Å². The second-order valence-electron chi connectivity index (χ2n) is 10.4. The molecule has 2 aromatic carbocycles. The van der Waals surface area contributed by atoms with Crippen LogP contribution in [0.2, 0.25) is 0 Å². The normalized spacial score (nSPS) is 15.6. The third-order valence-electron chi connectivity index (χ3n) is 7.67. The Morgan fingerprint density at radius 3 is 2.70 bits per heavy atom. The van der Waals surface area contributed by atoms with Gasteiger partial charge in [0.05, 0.1) is 22.5 Å². The fraction of sp³-hybridized carbons (Fsp3) is 0.267. The molecule has 43 heavy (non-hydrogen) atoms. The first kappa shape index (κ1) is 28.3. The molecule has 6 rings (SSSR count). The van der Waals surface area contributed by atoms with E-state index in [1.54, 1.807) is 35.4 Å². The van der Waals surface area contributed by atoms with E-state index in [1.807, 2.05) is 0 Å². The number of benzene rings is 2. The number of amides is 2. The van der Waals surface area contributed by atoms with Gasteiger partial charge in [-0.25, -0.2) is 22.8 Å². The van der Waals surface area contributed by atoms with Crippen molar-refractivity contribution in [1.29, 1.82) is 0 Å². The highest BCUT2D eigenvalue weighted by molar-refractivity contribution is 7.92. The smallest absolute Gasteiger partial charge is 0.289 e. The second-order valence-corrected chi connectivity index (χ2v) is 12.4. The lowest BCUT2D eigenvalue weighted by molar-refractivity contribution is 0.0696. The maximum absolute atomic E-state index is 13.7. The van der Waals surface area contributed by atoms with E-state index in [1.165, 1.54) is 38.2 Å². The minimum absolute atomic E-state index is 0.150. The molecule has 222 valence electrons. The largest absolute Gasteiger partial charge is 0.455 e. The number of piperidine rings is 1. The maximum Gasteiger partial charge on any atom is 0.289 e. The number of aromatic nitrogens is 3. The number of nitrogens with one attached hydrogen (secondary N) is 3. The van der Waals surface area contributed by atoms with Gasteiger partial charge in [-0.3, -0.25) is 14.3 Å². The van der Waals surface area contributed by atoms with Gasteiger partial charge in [0.1, 0.15) is 17.2 Å². The summed E-state index contributed by atoms with van der Waals surface area (Å²) in [5, 5.41) is 3.11. The van der Waals surface area contributed by atoms with Crippen LogP contribution in [-0.4, -0.2) is 66.0 Å². The number of imidazole rings is 1. The SMILES string of the molecule is CCS(=O)(=O)Nc1cc2oc(-c3ccc(F)cc3)c(C(=O)NC)c2cc1[C@H]1CCCN(C(=O)c2nc3ncccc3[nH]2)C1. The molecule has 0 bridgehead atoms. The fourth-order valence-electron chi connectivity index (χ4n) is 5.49. The third kappa shape index (κ3) is 5.43. The molecule has 0 saturated carbocycles. The van der Waals surface area contributed by atoms with Gasteiger partial charge in [-0.1, -0.05) is 0 Å². The fourth-order valence-corrected chi connectivity index (χ4v) is 6.15. The molecule has 13 heteroatoms. The summed E-state index contributed by atoms with van der Waals surface area (Å²) in [6.07, 6.45) is 2.95. The van der Waals surface area contributed by atoms with Gasteiger partial charge in [-0.2, -0.15) is 0 Å². The van der Waals surface area contributed by atoms with Crippen molar-refractivity contribution >= 4 is 49.7 Å². The van der Waals surface area contributed by atoms with Crippen LogP contribution in [0.1, 0.15) is 52.2 Å². The van der Waals surface area contributed by atoms with Crippen molar-refractivity contribution in [2.75, 3.05) is 30.6 Å². The zero-order valence-corrected chi connectivity index (χ0v) is 24.3. The molecule has 1 fully saturated rings. The number of carbonyl (C=O) groups excluding carboxylic acids is 2. The Labute approximate surface area is 246 Å². The zero-order chi connectivity index (χ0) is 30.3. The number of furan rings is 1. The van der Waals surface area contributed by atoms with Crippen LogP contribution in [-0.2, 0) is 10.0 Å². The van der Waals surface area contributed by atoms with Gasteiger partial charge in [0.2, 0.25) is 10.0 Å². The minimum Gasteiger partial charge on any atom is -0.455 e. The Kier molecular flexibility index (Phi) is 7.34. The molecule has 0 unspecified atom stereocenters. The van der Waals surface area contributed by atoms with Crippen molar-refractivity contribution in [3.8, 4) is 11.3 Å². The number of carbonyl (C=O) groups is 2. The molecule has 1 saturated heterocycles. The lowest BCUT2D eigenvalue weighted by Gasteiger charge is -2.33. The minimum atomic E-state index is -3.69. The topological polar surface area (TPSA) is 150 Å². The number of anilines is 1. The number of H-pyrrole nitrogens is 1. The Hall–Kier alpha value is -4.78. The van der Waals surface area contributed by atoms with Crippen molar-refractivity contribution in [1.82, 2.24) is 25.2 Å². The van der Waals surface area contributed by atoms with E-state index in [4.69, 9.17) is 4.42 Å². The predicted octanol–water partition coefficient (Wildman–Crippen LogP) is 4.65. The lowest BCUT2D eigenvalue weighted by Crippen LogP contribution is -2.39. The predicted molar refractivity (Wildman–Crippen MR) is 160 cm³/mol.